The minimum atomic E-state index is -2.99. The number of methoxy groups -OCH3 is 1. The number of nitrogens with zero attached hydrogens (tertiary/aromatic N) is 2. The molecule has 3 rings (SSSR count). The number of hydrazone groups is 1. The van der Waals surface area contributed by atoms with Crippen LogP contribution in [0.1, 0.15) is 24.5 Å². The normalized spacial score (nSPS) is 19.1. The Bertz CT molecular complexity index is 937. The zero-order chi connectivity index (χ0) is 21.0. The van der Waals surface area contributed by atoms with Crippen molar-refractivity contribution in [1.82, 2.24) is 10.3 Å². The van der Waals surface area contributed by atoms with Gasteiger partial charge in [-0.15, -0.1) is 5.01 Å². The number of nitrogens with one attached hydrogen (secondary N) is 1. The van der Waals surface area contributed by atoms with E-state index >= 15 is 0 Å². The average molecular weight is 403 g/mol. The van der Waals surface area contributed by atoms with E-state index in [9.17, 15) is 18.4 Å². The number of hydrogen-bond donors (Lipinski definition) is 1. The molecule has 0 spiro atoms. The van der Waals surface area contributed by atoms with Crippen molar-refractivity contribution in [2.75, 3.05) is 7.11 Å². The topological polar surface area (TPSA) is 80.2 Å². The maximum absolute atomic E-state index is 13.0. The van der Waals surface area contributed by atoms with Crippen LogP contribution in [-0.2, 0) is 10.3 Å². The maximum atomic E-state index is 13.0. The molecule has 1 fully saturated rings. The number of benzene rings is 2. The molecule has 1 aliphatic heterocycles. The van der Waals surface area contributed by atoms with Gasteiger partial charge in [0.2, 0.25) is 0 Å². The first-order chi connectivity index (χ1) is 13.9. The number of alkyl halides is 2. The SMILES string of the molecule is CC[C@@]1(c2ccccc2)NC(=O)N(/N=C\c2ccc(OC(F)F)c(OC)c2)C1=O. The first-order valence-corrected chi connectivity index (χ1v) is 8.80. The van der Waals surface area contributed by atoms with E-state index in [1.165, 1.54) is 31.5 Å². The molecule has 1 aliphatic rings. The van der Waals surface area contributed by atoms with E-state index in [-0.39, 0.29) is 11.5 Å². The summed E-state index contributed by atoms with van der Waals surface area (Å²) in [6.45, 7) is -1.19. The van der Waals surface area contributed by atoms with E-state index in [0.29, 0.717) is 17.5 Å². The first-order valence-electron chi connectivity index (χ1n) is 8.80. The summed E-state index contributed by atoms with van der Waals surface area (Å²) in [5.41, 5.74) is -0.103. The molecule has 1 saturated heterocycles. The number of rotatable bonds is 7. The molecule has 0 radical (unpaired) electrons. The maximum Gasteiger partial charge on any atom is 0.387 e. The lowest BCUT2D eigenvalue weighted by molar-refractivity contribution is -0.131. The summed E-state index contributed by atoms with van der Waals surface area (Å²) >= 11 is 0. The highest BCUT2D eigenvalue weighted by atomic mass is 19.3. The Morgan fingerprint density at radius 1 is 1.17 bits per heavy atom. The summed E-state index contributed by atoms with van der Waals surface area (Å²) in [7, 11) is 1.31. The molecule has 0 aliphatic carbocycles. The van der Waals surface area contributed by atoms with E-state index in [1.807, 2.05) is 6.07 Å². The lowest BCUT2D eigenvalue weighted by atomic mass is 9.87. The van der Waals surface area contributed by atoms with Gasteiger partial charge < -0.3 is 14.8 Å². The zero-order valence-electron chi connectivity index (χ0n) is 15.8. The molecule has 3 amide bonds. The molecular formula is C20H19F2N3O4. The molecule has 29 heavy (non-hydrogen) atoms. The monoisotopic (exact) mass is 403 g/mol. The third-order valence-electron chi connectivity index (χ3n) is 4.59. The van der Waals surface area contributed by atoms with E-state index in [1.54, 1.807) is 31.2 Å². The Morgan fingerprint density at radius 2 is 1.90 bits per heavy atom. The second-order valence-corrected chi connectivity index (χ2v) is 6.21. The Labute approximate surface area is 165 Å². The number of amides is 3. The van der Waals surface area contributed by atoms with E-state index < -0.39 is 24.1 Å². The number of ether oxygens (including phenoxy) is 2. The summed E-state index contributed by atoms with van der Waals surface area (Å²) in [5, 5.41) is 7.47. The summed E-state index contributed by atoms with van der Waals surface area (Å²) in [5.74, 6) is -0.570. The van der Waals surface area contributed by atoms with E-state index in [4.69, 9.17) is 4.74 Å². The number of halogens is 2. The van der Waals surface area contributed by atoms with Gasteiger partial charge in [-0.05, 0) is 35.7 Å². The third kappa shape index (κ3) is 3.89. The van der Waals surface area contributed by atoms with Gasteiger partial charge in [-0.25, -0.2) is 4.79 Å². The van der Waals surface area contributed by atoms with Gasteiger partial charge in [-0.3, -0.25) is 4.79 Å². The molecule has 152 valence electrons. The van der Waals surface area contributed by atoms with Crippen LogP contribution in [0.5, 0.6) is 11.5 Å². The molecule has 2 aromatic rings. The van der Waals surface area contributed by atoms with Gasteiger partial charge in [0.05, 0.1) is 13.3 Å². The van der Waals surface area contributed by atoms with Crippen molar-refractivity contribution in [3.63, 3.8) is 0 Å². The van der Waals surface area contributed by atoms with Crippen LogP contribution < -0.4 is 14.8 Å². The number of imide groups is 1. The lowest BCUT2D eigenvalue weighted by Gasteiger charge is -2.24. The van der Waals surface area contributed by atoms with Crippen molar-refractivity contribution in [3.8, 4) is 11.5 Å². The lowest BCUT2D eigenvalue weighted by Crippen LogP contribution is -2.43. The molecule has 0 bridgehead atoms. The average Bonchev–Trinajstić information content (AvgIpc) is 2.97. The van der Waals surface area contributed by atoms with Gasteiger partial charge in [0.15, 0.2) is 11.5 Å². The van der Waals surface area contributed by atoms with Crippen LogP contribution in [0.25, 0.3) is 0 Å². The van der Waals surface area contributed by atoms with Crippen LogP contribution in [0.3, 0.4) is 0 Å². The second-order valence-electron chi connectivity index (χ2n) is 6.21. The van der Waals surface area contributed by atoms with Crippen LogP contribution in [-0.4, -0.2) is 36.9 Å². The molecule has 0 aromatic heterocycles. The fraction of sp³-hybridized carbons (Fsp3) is 0.250. The predicted molar refractivity (Wildman–Crippen MR) is 101 cm³/mol. The summed E-state index contributed by atoms with van der Waals surface area (Å²) in [6.07, 6.45) is 1.62. The van der Waals surface area contributed by atoms with E-state index in [2.05, 4.69) is 15.2 Å². The van der Waals surface area contributed by atoms with Crippen molar-refractivity contribution >= 4 is 18.2 Å². The van der Waals surface area contributed by atoms with Crippen LogP contribution in [0.15, 0.2) is 53.6 Å². The fourth-order valence-electron chi connectivity index (χ4n) is 3.11. The van der Waals surface area contributed by atoms with Crippen molar-refractivity contribution < 1.29 is 27.8 Å². The number of hydrogen-bond acceptors (Lipinski definition) is 5. The summed E-state index contributed by atoms with van der Waals surface area (Å²) in [6, 6.07) is 12.4. The Hall–Kier alpha value is -3.49. The Kier molecular flexibility index (Phi) is 5.76. The highest BCUT2D eigenvalue weighted by Crippen LogP contribution is 2.33. The quantitative estimate of drug-likeness (QED) is 0.567. The van der Waals surface area contributed by atoms with Crippen LogP contribution >= 0.6 is 0 Å². The van der Waals surface area contributed by atoms with Crippen molar-refractivity contribution in [1.29, 1.82) is 0 Å². The molecule has 9 heteroatoms. The third-order valence-corrected chi connectivity index (χ3v) is 4.59. The van der Waals surface area contributed by atoms with Gasteiger partial charge in [0.1, 0.15) is 5.54 Å². The van der Waals surface area contributed by atoms with Gasteiger partial charge in [-0.2, -0.15) is 13.9 Å². The van der Waals surface area contributed by atoms with Gasteiger partial charge in [0.25, 0.3) is 5.91 Å². The van der Waals surface area contributed by atoms with Crippen LogP contribution in [0, 0.1) is 0 Å². The molecule has 2 aromatic carbocycles. The molecule has 1 N–H and O–H groups in total. The highest BCUT2D eigenvalue weighted by Gasteiger charge is 2.51. The van der Waals surface area contributed by atoms with Crippen molar-refractivity contribution in [2.45, 2.75) is 25.5 Å². The second kappa shape index (κ2) is 8.26. The summed E-state index contributed by atoms with van der Waals surface area (Å²) < 4.78 is 34.3. The highest BCUT2D eigenvalue weighted by molar-refractivity contribution is 6.07. The standard InChI is InChI=1S/C20H19F2N3O4/c1-3-20(14-7-5-4-6-8-14)17(26)25(19(27)24-20)23-12-13-9-10-15(29-18(21)22)16(11-13)28-2/h4-12,18H,3H2,1-2H3,(H,24,27)/b23-12-/t20-/m0/s1. The van der Waals surface area contributed by atoms with Gasteiger partial charge in [-0.1, -0.05) is 37.3 Å². The smallest absolute Gasteiger partial charge is 0.387 e. The Balaban J connectivity index is 1.86. The van der Waals surface area contributed by atoms with Crippen molar-refractivity contribution in [2.24, 2.45) is 5.10 Å². The molecule has 1 heterocycles. The largest absolute Gasteiger partial charge is 0.493 e. The summed E-state index contributed by atoms with van der Waals surface area (Å²) in [4.78, 5) is 25.4. The molecule has 1 atom stereocenters. The number of urea groups is 1. The first kappa shape index (κ1) is 20.2. The molecule has 0 saturated carbocycles. The predicted octanol–water partition coefficient (Wildman–Crippen LogP) is 3.49. The minimum absolute atomic E-state index is 0.0682. The van der Waals surface area contributed by atoms with E-state index in [0.717, 1.165) is 5.01 Å². The van der Waals surface area contributed by atoms with Crippen molar-refractivity contribution in [3.05, 3.63) is 59.7 Å². The Morgan fingerprint density at radius 3 is 2.52 bits per heavy atom. The van der Waals surface area contributed by atoms with Crippen LogP contribution in [0.2, 0.25) is 0 Å². The molecular weight excluding hydrogens is 384 g/mol. The number of carbonyl (C=O) groups is 2. The minimum Gasteiger partial charge on any atom is -0.493 e. The molecule has 7 nitrogen and oxygen atoms in total. The molecule has 0 unspecified atom stereocenters. The van der Waals surface area contributed by atoms with Gasteiger partial charge in [0, 0.05) is 0 Å². The number of carbonyl (C=O) groups excluding carboxylic acids is 2. The fourth-order valence-corrected chi connectivity index (χ4v) is 3.11. The zero-order valence-corrected chi connectivity index (χ0v) is 15.8. The van der Waals surface area contributed by atoms with Gasteiger partial charge >= 0.3 is 12.6 Å². The van der Waals surface area contributed by atoms with Crippen LogP contribution in [0.4, 0.5) is 13.6 Å².